The molecular formula is C8H15N. The zero-order valence-corrected chi connectivity index (χ0v) is 6.06. The predicted molar refractivity (Wildman–Crippen MR) is 38.0 cm³/mol. The zero-order chi connectivity index (χ0) is 6.48. The molecule has 1 heteroatoms. The van der Waals surface area contributed by atoms with Crippen LogP contribution in [0.2, 0.25) is 0 Å². The third kappa shape index (κ3) is 0.644. The summed E-state index contributed by atoms with van der Waals surface area (Å²) in [6.07, 6.45) is 5.55. The van der Waals surface area contributed by atoms with Crippen LogP contribution in [0.3, 0.4) is 0 Å². The van der Waals surface area contributed by atoms with Crippen LogP contribution in [-0.4, -0.2) is 6.04 Å². The Labute approximate surface area is 56.6 Å². The Balaban J connectivity index is 2.22. The van der Waals surface area contributed by atoms with E-state index in [4.69, 9.17) is 5.73 Å². The van der Waals surface area contributed by atoms with Crippen molar-refractivity contribution < 1.29 is 0 Å². The van der Waals surface area contributed by atoms with Crippen LogP contribution in [0.5, 0.6) is 0 Å². The van der Waals surface area contributed by atoms with Crippen molar-refractivity contribution in [2.24, 2.45) is 17.1 Å². The highest BCUT2D eigenvalue weighted by Crippen LogP contribution is 2.52. The number of hydrogen-bond acceptors (Lipinski definition) is 1. The van der Waals surface area contributed by atoms with Crippen molar-refractivity contribution in [3.63, 3.8) is 0 Å². The summed E-state index contributed by atoms with van der Waals surface area (Å²) < 4.78 is 0. The molecule has 2 aliphatic rings. The van der Waals surface area contributed by atoms with Gasteiger partial charge in [0, 0.05) is 6.04 Å². The number of rotatable bonds is 0. The molecule has 0 aromatic carbocycles. The molecule has 0 radical (unpaired) electrons. The van der Waals surface area contributed by atoms with E-state index in [0.29, 0.717) is 11.5 Å². The van der Waals surface area contributed by atoms with Crippen molar-refractivity contribution in [2.75, 3.05) is 0 Å². The van der Waals surface area contributed by atoms with Crippen LogP contribution in [0.1, 0.15) is 32.6 Å². The Bertz CT molecular complexity index is 133. The van der Waals surface area contributed by atoms with E-state index < -0.39 is 0 Å². The fourth-order valence-corrected chi connectivity index (χ4v) is 2.58. The monoisotopic (exact) mass is 125 g/mol. The summed E-state index contributed by atoms with van der Waals surface area (Å²) >= 11 is 0. The smallest absolute Gasteiger partial charge is 0.00956 e. The third-order valence-corrected chi connectivity index (χ3v) is 3.36. The summed E-state index contributed by atoms with van der Waals surface area (Å²) in [7, 11) is 0. The molecule has 0 aromatic heterocycles. The van der Waals surface area contributed by atoms with Gasteiger partial charge in [-0.15, -0.1) is 0 Å². The van der Waals surface area contributed by atoms with E-state index in [2.05, 4.69) is 6.92 Å². The first-order valence-electron chi connectivity index (χ1n) is 3.96. The molecule has 2 fully saturated rings. The van der Waals surface area contributed by atoms with Crippen LogP contribution in [0.4, 0.5) is 0 Å². The van der Waals surface area contributed by atoms with E-state index in [1.807, 2.05) is 0 Å². The fourth-order valence-electron chi connectivity index (χ4n) is 2.58. The van der Waals surface area contributed by atoms with Crippen LogP contribution in [0.25, 0.3) is 0 Å². The van der Waals surface area contributed by atoms with Crippen LogP contribution >= 0.6 is 0 Å². The molecule has 2 bridgehead atoms. The van der Waals surface area contributed by atoms with E-state index in [1.165, 1.54) is 25.7 Å². The summed E-state index contributed by atoms with van der Waals surface area (Å²) in [5.41, 5.74) is 6.50. The van der Waals surface area contributed by atoms with Gasteiger partial charge < -0.3 is 5.73 Å². The lowest BCUT2D eigenvalue weighted by atomic mass is 9.83. The average Bonchev–Trinajstić information content (AvgIpc) is 2.22. The number of hydrogen-bond donors (Lipinski definition) is 1. The highest BCUT2D eigenvalue weighted by Gasteiger charge is 2.46. The third-order valence-electron chi connectivity index (χ3n) is 3.36. The predicted octanol–water partition coefficient (Wildman–Crippen LogP) is 1.52. The number of nitrogens with two attached hydrogens (primary N) is 1. The quantitative estimate of drug-likeness (QED) is 0.522. The maximum absolute atomic E-state index is 5.95. The first-order chi connectivity index (χ1) is 4.21. The van der Waals surface area contributed by atoms with Gasteiger partial charge in [0.05, 0.1) is 0 Å². The Morgan fingerprint density at radius 2 is 2.33 bits per heavy atom. The Hall–Kier alpha value is -0.0400. The summed E-state index contributed by atoms with van der Waals surface area (Å²) in [5, 5.41) is 0. The molecule has 0 unspecified atom stereocenters. The fraction of sp³-hybridized carbons (Fsp3) is 1.00. The van der Waals surface area contributed by atoms with Gasteiger partial charge in [-0.2, -0.15) is 0 Å². The van der Waals surface area contributed by atoms with E-state index >= 15 is 0 Å². The minimum absolute atomic E-state index is 0.524. The van der Waals surface area contributed by atoms with Crippen molar-refractivity contribution >= 4 is 0 Å². The van der Waals surface area contributed by atoms with Crippen LogP contribution < -0.4 is 5.73 Å². The first-order valence-corrected chi connectivity index (χ1v) is 3.96. The first kappa shape index (κ1) is 5.72. The molecule has 2 aliphatic carbocycles. The summed E-state index contributed by atoms with van der Waals surface area (Å²) in [4.78, 5) is 0. The summed E-state index contributed by atoms with van der Waals surface area (Å²) in [6.45, 7) is 2.35. The Kier molecular flexibility index (Phi) is 0.963. The normalized spacial score (nSPS) is 56.7. The van der Waals surface area contributed by atoms with Gasteiger partial charge >= 0.3 is 0 Å². The Morgan fingerprint density at radius 1 is 1.56 bits per heavy atom. The second kappa shape index (κ2) is 1.51. The maximum Gasteiger partial charge on any atom is 0.00956 e. The lowest BCUT2D eigenvalue weighted by molar-refractivity contribution is 0.282. The second-order valence-corrected chi connectivity index (χ2v) is 4.11. The molecule has 0 aliphatic heterocycles. The lowest BCUT2D eigenvalue weighted by Gasteiger charge is -2.27. The molecular weight excluding hydrogens is 110 g/mol. The average molecular weight is 125 g/mol. The molecule has 0 aromatic rings. The van der Waals surface area contributed by atoms with Crippen molar-refractivity contribution in [1.82, 2.24) is 0 Å². The van der Waals surface area contributed by atoms with Crippen molar-refractivity contribution in [3.8, 4) is 0 Å². The van der Waals surface area contributed by atoms with Crippen molar-refractivity contribution in [3.05, 3.63) is 0 Å². The molecule has 52 valence electrons. The van der Waals surface area contributed by atoms with Gasteiger partial charge in [-0.05, 0) is 37.0 Å². The molecule has 1 nitrogen and oxygen atoms in total. The Morgan fingerprint density at radius 3 is 2.56 bits per heavy atom. The van der Waals surface area contributed by atoms with Gasteiger partial charge in [-0.25, -0.2) is 0 Å². The number of fused-ring (bicyclic) bond motifs is 2. The minimum Gasteiger partial charge on any atom is -0.327 e. The van der Waals surface area contributed by atoms with Crippen molar-refractivity contribution in [2.45, 2.75) is 38.6 Å². The van der Waals surface area contributed by atoms with Crippen molar-refractivity contribution in [1.29, 1.82) is 0 Å². The maximum atomic E-state index is 5.95. The van der Waals surface area contributed by atoms with Gasteiger partial charge in [0.2, 0.25) is 0 Å². The lowest BCUT2D eigenvalue weighted by Crippen LogP contribution is -2.34. The molecule has 2 saturated carbocycles. The van der Waals surface area contributed by atoms with Gasteiger partial charge in [0.25, 0.3) is 0 Å². The highest BCUT2D eigenvalue weighted by molar-refractivity contribution is 5.00. The molecule has 9 heavy (non-hydrogen) atoms. The molecule has 2 N–H and O–H groups in total. The largest absolute Gasteiger partial charge is 0.327 e. The van der Waals surface area contributed by atoms with Crippen LogP contribution in [0, 0.1) is 11.3 Å². The second-order valence-electron chi connectivity index (χ2n) is 4.11. The summed E-state index contributed by atoms with van der Waals surface area (Å²) in [5.74, 6) is 0.991. The summed E-state index contributed by atoms with van der Waals surface area (Å²) in [6, 6.07) is 0.524. The molecule has 3 atom stereocenters. The molecule has 0 saturated heterocycles. The highest BCUT2D eigenvalue weighted by atomic mass is 14.7. The van der Waals surface area contributed by atoms with Gasteiger partial charge in [-0.3, -0.25) is 0 Å². The van der Waals surface area contributed by atoms with E-state index in [-0.39, 0.29) is 0 Å². The van der Waals surface area contributed by atoms with E-state index in [1.54, 1.807) is 0 Å². The van der Waals surface area contributed by atoms with Gasteiger partial charge in [-0.1, -0.05) is 6.92 Å². The topological polar surface area (TPSA) is 26.0 Å². The van der Waals surface area contributed by atoms with E-state index in [0.717, 1.165) is 5.92 Å². The van der Waals surface area contributed by atoms with Crippen LogP contribution in [-0.2, 0) is 0 Å². The van der Waals surface area contributed by atoms with Gasteiger partial charge in [0.1, 0.15) is 0 Å². The minimum atomic E-state index is 0.524. The standard InChI is InChI=1S/C8H15N/c1-8-3-2-6(5-8)4-7(8)9/h6-7H,2-5,9H2,1H3/t6-,7-,8-/m0/s1. The van der Waals surface area contributed by atoms with Crippen LogP contribution in [0.15, 0.2) is 0 Å². The molecule has 0 amide bonds. The molecule has 2 rings (SSSR count). The SMILES string of the molecule is C[C@@]12CC[C@@H](C[C@@H]1N)C2. The van der Waals surface area contributed by atoms with E-state index in [9.17, 15) is 0 Å². The molecule has 0 heterocycles. The molecule has 0 spiro atoms. The van der Waals surface area contributed by atoms with Gasteiger partial charge in [0.15, 0.2) is 0 Å². The zero-order valence-electron chi connectivity index (χ0n) is 6.06.